The van der Waals surface area contributed by atoms with Gasteiger partial charge in [0.2, 0.25) is 5.91 Å². The van der Waals surface area contributed by atoms with Gasteiger partial charge < -0.3 is 16.8 Å². The molecule has 0 radical (unpaired) electrons. The molecule has 1 heterocycles. The Labute approximate surface area is 59.9 Å². The van der Waals surface area contributed by atoms with Gasteiger partial charge in [0.05, 0.1) is 12.1 Å². The van der Waals surface area contributed by atoms with Crippen molar-refractivity contribution < 1.29 is 4.79 Å². The molecule has 0 aromatic rings. The van der Waals surface area contributed by atoms with E-state index in [1.165, 1.54) is 0 Å². The van der Waals surface area contributed by atoms with Gasteiger partial charge in [0, 0.05) is 6.54 Å². The summed E-state index contributed by atoms with van der Waals surface area (Å²) in [5, 5.41) is 2.99. The first-order valence-corrected chi connectivity index (χ1v) is 3.48. The van der Waals surface area contributed by atoms with Gasteiger partial charge in [-0.05, 0) is 12.8 Å². The highest BCUT2D eigenvalue weighted by molar-refractivity contribution is 5.76. The van der Waals surface area contributed by atoms with Gasteiger partial charge in [-0.25, -0.2) is 0 Å². The highest BCUT2D eigenvalue weighted by Crippen LogP contribution is 2.10. The van der Waals surface area contributed by atoms with Crippen molar-refractivity contribution >= 4 is 5.91 Å². The molecule has 0 aliphatic carbocycles. The van der Waals surface area contributed by atoms with Gasteiger partial charge >= 0.3 is 0 Å². The Morgan fingerprint density at radius 3 is 2.60 bits per heavy atom. The molecule has 1 saturated heterocycles. The van der Waals surface area contributed by atoms with Crippen LogP contribution in [0.3, 0.4) is 0 Å². The average Bonchev–Trinajstić information content (AvgIpc) is 1.88. The number of carbonyl (C=O) groups excluding carboxylic acids is 1. The molecule has 1 aliphatic heterocycles. The molecule has 1 aliphatic rings. The molecule has 0 spiro atoms. The van der Waals surface area contributed by atoms with E-state index in [4.69, 9.17) is 11.5 Å². The summed E-state index contributed by atoms with van der Waals surface area (Å²) in [6.07, 6.45) is 1.72. The third kappa shape index (κ3) is 1.68. The first-order chi connectivity index (χ1) is 4.70. The Hall–Kier alpha value is -0.610. The summed E-state index contributed by atoms with van der Waals surface area (Å²) >= 11 is 0. The van der Waals surface area contributed by atoms with Crippen LogP contribution in [0.15, 0.2) is 0 Å². The molecule has 0 saturated carbocycles. The third-order valence-electron chi connectivity index (χ3n) is 1.85. The van der Waals surface area contributed by atoms with E-state index >= 15 is 0 Å². The lowest BCUT2D eigenvalue weighted by Gasteiger charge is -2.24. The van der Waals surface area contributed by atoms with Crippen LogP contribution in [-0.2, 0) is 4.79 Å². The number of piperidine rings is 1. The zero-order chi connectivity index (χ0) is 7.56. The third-order valence-corrected chi connectivity index (χ3v) is 1.85. The fourth-order valence-corrected chi connectivity index (χ4v) is 1.12. The number of primary amides is 1. The molecule has 1 rings (SSSR count). The second-order valence-electron chi connectivity index (χ2n) is 2.69. The van der Waals surface area contributed by atoms with Gasteiger partial charge in [0.15, 0.2) is 0 Å². The van der Waals surface area contributed by atoms with Gasteiger partial charge in [0.25, 0.3) is 0 Å². The summed E-state index contributed by atoms with van der Waals surface area (Å²) in [4.78, 5) is 10.6. The molecule has 4 heteroatoms. The molecule has 0 aromatic heterocycles. The van der Waals surface area contributed by atoms with Crippen molar-refractivity contribution in [2.24, 2.45) is 17.4 Å². The largest absolute Gasteiger partial charge is 0.369 e. The smallest absolute Gasteiger partial charge is 0.221 e. The molecule has 0 aromatic carbocycles. The molecule has 2 unspecified atom stereocenters. The Balaban J connectivity index is 2.33. The van der Waals surface area contributed by atoms with Crippen LogP contribution in [-0.4, -0.2) is 18.6 Å². The van der Waals surface area contributed by atoms with Crippen molar-refractivity contribution in [2.75, 3.05) is 6.54 Å². The molecule has 2 atom stereocenters. The summed E-state index contributed by atoms with van der Waals surface area (Å²) in [5.41, 5.74) is 10.6. The van der Waals surface area contributed by atoms with Crippen molar-refractivity contribution in [2.45, 2.75) is 19.0 Å². The van der Waals surface area contributed by atoms with Crippen LogP contribution < -0.4 is 16.8 Å². The van der Waals surface area contributed by atoms with Crippen LogP contribution in [0.2, 0.25) is 0 Å². The number of carbonyl (C=O) groups is 1. The summed E-state index contributed by atoms with van der Waals surface area (Å²) in [7, 11) is 0. The van der Waals surface area contributed by atoms with E-state index in [1.54, 1.807) is 0 Å². The minimum atomic E-state index is -0.223. The van der Waals surface area contributed by atoms with Crippen LogP contribution >= 0.6 is 0 Å². The quantitative estimate of drug-likeness (QED) is 0.429. The van der Waals surface area contributed by atoms with Crippen LogP contribution in [0.1, 0.15) is 12.8 Å². The lowest BCUT2D eigenvalue weighted by molar-refractivity contribution is -0.122. The highest BCUT2D eigenvalue weighted by atomic mass is 16.1. The molecule has 58 valence electrons. The number of amides is 1. The predicted octanol–water partition coefficient (Wildman–Crippen LogP) is -1.24. The van der Waals surface area contributed by atoms with E-state index in [1.807, 2.05) is 0 Å². The topological polar surface area (TPSA) is 81.1 Å². The van der Waals surface area contributed by atoms with E-state index in [0.29, 0.717) is 6.54 Å². The maximum absolute atomic E-state index is 10.6. The fourth-order valence-electron chi connectivity index (χ4n) is 1.12. The fraction of sp³-hybridized carbons (Fsp3) is 0.833. The van der Waals surface area contributed by atoms with Crippen molar-refractivity contribution in [1.82, 2.24) is 5.32 Å². The predicted molar refractivity (Wildman–Crippen MR) is 37.9 cm³/mol. The van der Waals surface area contributed by atoms with Crippen LogP contribution in [0.4, 0.5) is 0 Å². The second kappa shape index (κ2) is 2.98. The van der Waals surface area contributed by atoms with Crippen LogP contribution in [0.5, 0.6) is 0 Å². The number of nitrogens with one attached hydrogen (secondary N) is 1. The molecule has 1 fully saturated rings. The monoisotopic (exact) mass is 143 g/mol. The van der Waals surface area contributed by atoms with Gasteiger partial charge in [-0.2, -0.15) is 0 Å². The van der Waals surface area contributed by atoms with E-state index < -0.39 is 0 Å². The number of hydrogen-bond acceptors (Lipinski definition) is 3. The Bertz CT molecular complexity index is 129. The molecule has 5 N–H and O–H groups in total. The molecule has 4 nitrogen and oxygen atoms in total. The average molecular weight is 143 g/mol. The first-order valence-electron chi connectivity index (χ1n) is 3.48. The van der Waals surface area contributed by atoms with Crippen molar-refractivity contribution in [3.8, 4) is 0 Å². The van der Waals surface area contributed by atoms with Crippen molar-refractivity contribution in [3.63, 3.8) is 0 Å². The van der Waals surface area contributed by atoms with E-state index in [2.05, 4.69) is 5.32 Å². The van der Waals surface area contributed by atoms with Gasteiger partial charge in [-0.1, -0.05) is 0 Å². The Morgan fingerprint density at radius 2 is 2.20 bits per heavy atom. The zero-order valence-corrected chi connectivity index (χ0v) is 5.84. The molecule has 1 amide bonds. The maximum atomic E-state index is 10.6. The van der Waals surface area contributed by atoms with E-state index in [0.717, 1.165) is 12.8 Å². The number of hydrogen-bond donors (Lipinski definition) is 3. The van der Waals surface area contributed by atoms with Crippen LogP contribution in [0.25, 0.3) is 0 Å². The maximum Gasteiger partial charge on any atom is 0.221 e. The van der Waals surface area contributed by atoms with E-state index in [9.17, 15) is 4.79 Å². The SMILES string of the molecule is NC(=O)C1CCC(N)NC1. The lowest BCUT2D eigenvalue weighted by Crippen LogP contribution is -2.47. The Morgan fingerprint density at radius 1 is 1.50 bits per heavy atom. The summed E-state index contributed by atoms with van der Waals surface area (Å²) in [5.74, 6) is -0.237. The van der Waals surface area contributed by atoms with Gasteiger partial charge in [-0.15, -0.1) is 0 Å². The first kappa shape index (κ1) is 7.50. The second-order valence-corrected chi connectivity index (χ2v) is 2.69. The van der Waals surface area contributed by atoms with Gasteiger partial charge in [-0.3, -0.25) is 4.79 Å². The lowest BCUT2D eigenvalue weighted by atomic mass is 9.98. The molecular formula is C6H13N3O. The number of nitrogens with two attached hydrogens (primary N) is 2. The summed E-state index contributed by atoms with van der Waals surface area (Å²) in [6, 6.07) is 0. The van der Waals surface area contributed by atoms with Crippen molar-refractivity contribution in [3.05, 3.63) is 0 Å². The normalized spacial score (nSPS) is 33.7. The highest BCUT2D eigenvalue weighted by Gasteiger charge is 2.21. The van der Waals surface area contributed by atoms with E-state index in [-0.39, 0.29) is 18.0 Å². The zero-order valence-electron chi connectivity index (χ0n) is 5.84. The minimum absolute atomic E-state index is 0.0141. The standard InChI is InChI=1S/C6H13N3O/c7-5-2-1-4(3-9-5)6(8)10/h4-5,9H,1-3,7H2,(H2,8,10). The minimum Gasteiger partial charge on any atom is -0.369 e. The summed E-state index contributed by atoms with van der Waals surface area (Å²) < 4.78 is 0. The van der Waals surface area contributed by atoms with Crippen molar-refractivity contribution in [1.29, 1.82) is 0 Å². The molecular weight excluding hydrogens is 130 g/mol. The van der Waals surface area contributed by atoms with Crippen LogP contribution in [0, 0.1) is 5.92 Å². The Kier molecular flexibility index (Phi) is 2.24. The van der Waals surface area contributed by atoms with Gasteiger partial charge in [0.1, 0.15) is 0 Å². The number of rotatable bonds is 1. The summed E-state index contributed by atoms with van der Waals surface area (Å²) in [6.45, 7) is 0.635. The molecule has 10 heavy (non-hydrogen) atoms. The molecule has 0 bridgehead atoms.